The van der Waals surface area contributed by atoms with E-state index in [0.29, 0.717) is 11.4 Å². The van der Waals surface area contributed by atoms with Crippen LogP contribution in [0.15, 0.2) is 30.6 Å². The molecule has 1 unspecified atom stereocenters. The molecule has 148 valence electrons. The Kier molecular flexibility index (Phi) is 5.30. The van der Waals surface area contributed by atoms with Crippen LogP contribution >= 0.6 is 11.6 Å². The molecule has 28 heavy (non-hydrogen) atoms. The average molecular weight is 400 g/mol. The molecule has 0 saturated heterocycles. The van der Waals surface area contributed by atoms with Crippen molar-refractivity contribution < 1.29 is 9.90 Å². The number of aliphatic hydroxyl groups excluding tert-OH is 1. The molecular weight excluding hydrogens is 374 g/mol. The second-order valence-electron chi connectivity index (χ2n) is 7.57. The van der Waals surface area contributed by atoms with Crippen LogP contribution in [0.5, 0.6) is 0 Å². The second kappa shape index (κ2) is 7.72. The van der Waals surface area contributed by atoms with E-state index in [1.165, 1.54) is 5.56 Å². The molecule has 1 aromatic heterocycles. The third kappa shape index (κ3) is 3.16. The molecule has 0 radical (unpaired) electrons. The van der Waals surface area contributed by atoms with Gasteiger partial charge in [0, 0.05) is 23.2 Å². The van der Waals surface area contributed by atoms with Crippen molar-refractivity contribution in [2.75, 3.05) is 4.90 Å². The van der Waals surface area contributed by atoms with E-state index < -0.39 is 6.23 Å². The van der Waals surface area contributed by atoms with Crippen LogP contribution in [0.1, 0.15) is 80.1 Å². The van der Waals surface area contributed by atoms with E-state index in [1.807, 2.05) is 37.5 Å². The number of rotatable bonds is 4. The Morgan fingerprint density at radius 3 is 2.86 bits per heavy atom. The van der Waals surface area contributed by atoms with Crippen LogP contribution < -0.4 is 10.2 Å². The number of anilines is 1. The van der Waals surface area contributed by atoms with Crippen molar-refractivity contribution in [1.29, 1.82) is 0 Å². The van der Waals surface area contributed by atoms with E-state index in [-0.39, 0.29) is 18.0 Å². The Morgan fingerprint density at radius 1 is 1.29 bits per heavy atom. The lowest BCUT2D eigenvalue weighted by Crippen LogP contribution is -2.32. The first kappa shape index (κ1) is 19.2. The first-order valence-corrected chi connectivity index (χ1v) is 10.4. The Hall–Kier alpha value is -2.11. The van der Waals surface area contributed by atoms with Crippen molar-refractivity contribution in [3.05, 3.63) is 57.9 Å². The molecule has 0 bridgehead atoms. The van der Waals surface area contributed by atoms with Crippen molar-refractivity contribution in [3.8, 4) is 0 Å². The lowest BCUT2D eigenvalue weighted by Gasteiger charge is -2.35. The highest BCUT2D eigenvalue weighted by Crippen LogP contribution is 2.48. The Morgan fingerprint density at radius 2 is 2.11 bits per heavy atom. The lowest BCUT2D eigenvalue weighted by atomic mass is 9.87. The number of nitrogens with one attached hydrogen (secondary N) is 1. The smallest absolute Gasteiger partial charge is 0.220 e. The van der Waals surface area contributed by atoms with Gasteiger partial charge < -0.3 is 15.3 Å². The fourth-order valence-corrected chi connectivity index (χ4v) is 4.81. The summed E-state index contributed by atoms with van der Waals surface area (Å²) in [5, 5.41) is 14.9. The zero-order valence-corrected chi connectivity index (χ0v) is 17.0. The number of amides is 1. The van der Waals surface area contributed by atoms with Crippen LogP contribution in [-0.2, 0) is 11.2 Å². The van der Waals surface area contributed by atoms with Crippen molar-refractivity contribution in [2.45, 2.75) is 64.3 Å². The summed E-state index contributed by atoms with van der Waals surface area (Å²) >= 11 is 6.19. The van der Waals surface area contributed by atoms with E-state index >= 15 is 0 Å². The van der Waals surface area contributed by atoms with Crippen molar-refractivity contribution >= 4 is 23.2 Å². The zero-order chi connectivity index (χ0) is 19.8. The third-order valence-corrected chi connectivity index (χ3v) is 6.20. The summed E-state index contributed by atoms with van der Waals surface area (Å²) < 4.78 is 0. The van der Waals surface area contributed by atoms with Crippen molar-refractivity contribution in [2.24, 2.45) is 0 Å². The van der Waals surface area contributed by atoms with Crippen LogP contribution in [0, 0.1) is 0 Å². The van der Waals surface area contributed by atoms with Gasteiger partial charge in [0.2, 0.25) is 5.91 Å². The van der Waals surface area contributed by atoms with Gasteiger partial charge >= 0.3 is 0 Å². The molecule has 2 N–H and O–H groups in total. The summed E-state index contributed by atoms with van der Waals surface area (Å²) in [6.45, 7) is 3.99. The molecule has 0 spiro atoms. The predicted molar refractivity (Wildman–Crippen MR) is 110 cm³/mol. The lowest BCUT2D eigenvalue weighted by molar-refractivity contribution is -0.121. The molecule has 0 saturated carbocycles. The highest BCUT2D eigenvalue weighted by molar-refractivity contribution is 6.30. The predicted octanol–water partition coefficient (Wildman–Crippen LogP) is 4.60. The summed E-state index contributed by atoms with van der Waals surface area (Å²) in [6.07, 6.45) is 7.13. The minimum absolute atomic E-state index is 0.0136. The summed E-state index contributed by atoms with van der Waals surface area (Å²) in [6, 6.07) is 5.81. The van der Waals surface area contributed by atoms with Crippen LogP contribution in [-0.4, -0.2) is 16.0 Å². The maximum Gasteiger partial charge on any atom is 0.220 e. The Balaban J connectivity index is 1.76. The molecule has 3 atom stereocenters. The number of carbonyl (C=O) groups is 1. The standard InChI is InChI=1S/C22H26ClN3O2/c1-3-19-15-9-8-13(23)10-16(15)22(28)26(19)20-12-24-11-17-14(20)6-5-7-18(17)25-21(27)4-2/h8-12,18-19,22,28H,3-7H2,1-2H3,(H,25,27)/t18-,19+,22?/m1/s1. The SMILES string of the molecule is CCC(=O)N[C@@H]1CCCc2c1cncc2N1C(O)c2cc(Cl)ccc2[C@@H]1CC. The number of hydrogen-bond acceptors (Lipinski definition) is 4. The topological polar surface area (TPSA) is 65.5 Å². The summed E-state index contributed by atoms with van der Waals surface area (Å²) in [5.41, 5.74) is 5.19. The highest BCUT2D eigenvalue weighted by Gasteiger charge is 2.39. The number of aliphatic hydroxyl groups is 1. The van der Waals surface area contributed by atoms with Crippen molar-refractivity contribution in [1.82, 2.24) is 10.3 Å². The largest absolute Gasteiger partial charge is 0.369 e. The third-order valence-electron chi connectivity index (χ3n) is 5.97. The molecular formula is C22H26ClN3O2. The van der Waals surface area contributed by atoms with Crippen LogP contribution in [0.2, 0.25) is 5.02 Å². The fraction of sp³-hybridized carbons (Fsp3) is 0.455. The van der Waals surface area contributed by atoms with Gasteiger partial charge in [0.1, 0.15) is 0 Å². The van der Waals surface area contributed by atoms with E-state index in [1.54, 1.807) is 0 Å². The van der Waals surface area contributed by atoms with Gasteiger partial charge in [-0.15, -0.1) is 0 Å². The maximum absolute atomic E-state index is 12.0. The second-order valence-corrected chi connectivity index (χ2v) is 8.01. The molecule has 5 nitrogen and oxygen atoms in total. The van der Waals surface area contributed by atoms with Gasteiger partial charge in [0.05, 0.1) is 24.0 Å². The van der Waals surface area contributed by atoms with Gasteiger partial charge in [0.15, 0.2) is 6.23 Å². The summed E-state index contributed by atoms with van der Waals surface area (Å²) in [5.74, 6) is 0.0537. The molecule has 1 aliphatic heterocycles. The Bertz CT molecular complexity index is 901. The normalized spacial score (nSPS) is 23.3. The number of pyridine rings is 1. The van der Waals surface area contributed by atoms with Gasteiger partial charge in [-0.1, -0.05) is 31.5 Å². The quantitative estimate of drug-likeness (QED) is 0.788. The Labute approximate surface area is 170 Å². The van der Waals surface area contributed by atoms with E-state index in [2.05, 4.69) is 22.1 Å². The van der Waals surface area contributed by atoms with Crippen LogP contribution in [0.25, 0.3) is 0 Å². The fourth-order valence-electron chi connectivity index (χ4n) is 4.63. The first-order valence-electron chi connectivity index (χ1n) is 10.1. The van der Waals surface area contributed by atoms with Gasteiger partial charge in [-0.25, -0.2) is 0 Å². The highest BCUT2D eigenvalue weighted by atomic mass is 35.5. The number of carbonyl (C=O) groups excluding carboxylic acids is 1. The molecule has 6 heteroatoms. The van der Waals surface area contributed by atoms with Gasteiger partial charge in [-0.2, -0.15) is 0 Å². The van der Waals surface area contributed by atoms with Gasteiger partial charge in [-0.3, -0.25) is 9.78 Å². The molecule has 1 aromatic carbocycles. The summed E-state index contributed by atoms with van der Waals surface area (Å²) in [7, 11) is 0. The number of hydrogen-bond donors (Lipinski definition) is 2. The minimum atomic E-state index is -0.752. The number of aromatic nitrogens is 1. The van der Waals surface area contributed by atoms with Crippen molar-refractivity contribution in [3.63, 3.8) is 0 Å². The van der Waals surface area contributed by atoms with E-state index in [4.69, 9.17) is 11.6 Å². The monoisotopic (exact) mass is 399 g/mol. The average Bonchev–Trinajstić information content (AvgIpc) is 2.98. The molecule has 0 fully saturated rings. The van der Waals surface area contributed by atoms with E-state index in [9.17, 15) is 9.90 Å². The molecule has 2 heterocycles. The van der Waals surface area contributed by atoms with Gasteiger partial charge in [-0.05, 0) is 54.5 Å². The van der Waals surface area contributed by atoms with Gasteiger partial charge in [0.25, 0.3) is 0 Å². The molecule has 2 aliphatic rings. The van der Waals surface area contributed by atoms with Crippen LogP contribution in [0.3, 0.4) is 0 Å². The number of nitrogens with zero attached hydrogens (tertiary/aromatic N) is 2. The zero-order valence-electron chi connectivity index (χ0n) is 16.3. The van der Waals surface area contributed by atoms with Crippen LogP contribution in [0.4, 0.5) is 5.69 Å². The maximum atomic E-state index is 12.0. The molecule has 4 rings (SSSR count). The number of halogens is 1. The van der Waals surface area contributed by atoms with E-state index in [0.717, 1.165) is 48.1 Å². The number of fused-ring (bicyclic) bond motifs is 2. The first-order chi connectivity index (χ1) is 13.5. The minimum Gasteiger partial charge on any atom is -0.369 e. The molecule has 1 amide bonds. The molecule has 1 aliphatic carbocycles. The number of benzene rings is 1. The summed E-state index contributed by atoms with van der Waals surface area (Å²) in [4.78, 5) is 18.5. The molecule has 2 aromatic rings.